The molecule has 108 valence electrons. The molecular formula is C13H13F3N2O2. The number of carbonyl (C=O) groups excluding carboxylic acids is 1. The Morgan fingerprint density at radius 1 is 1.40 bits per heavy atom. The Hall–Kier alpha value is -2.23. The standard InChI is InChI=1S/C13H13F3N2O2/c1-9(19)18-12(8-13(14,15)16)10-2-4-11(5-3-10)20-7-6-17/h2-5,12H,7-8H2,1H3,(H,18,19). The topological polar surface area (TPSA) is 62.1 Å². The number of nitrogens with zero attached hydrogens (tertiary/aromatic N) is 1. The van der Waals surface area contributed by atoms with E-state index in [1.54, 1.807) is 6.07 Å². The molecule has 1 rings (SSSR count). The van der Waals surface area contributed by atoms with Gasteiger partial charge >= 0.3 is 6.18 Å². The van der Waals surface area contributed by atoms with Gasteiger partial charge in [-0.25, -0.2) is 0 Å². The first-order valence-corrected chi connectivity index (χ1v) is 5.75. The number of hydrogen-bond acceptors (Lipinski definition) is 3. The number of amides is 1. The quantitative estimate of drug-likeness (QED) is 0.905. The van der Waals surface area contributed by atoms with Gasteiger partial charge in [-0.3, -0.25) is 4.79 Å². The van der Waals surface area contributed by atoms with Gasteiger partial charge in [0.15, 0.2) is 6.61 Å². The van der Waals surface area contributed by atoms with Crippen molar-refractivity contribution in [1.29, 1.82) is 5.26 Å². The fourth-order valence-electron chi connectivity index (χ4n) is 1.64. The maximum atomic E-state index is 12.5. The van der Waals surface area contributed by atoms with Crippen molar-refractivity contribution in [2.24, 2.45) is 0 Å². The average molecular weight is 286 g/mol. The zero-order valence-electron chi connectivity index (χ0n) is 10.7. The minimum atomic E-state index is -4.39. The van der Waals surface area contributed by atoms with Crippen LogP contribution in [0.25, 0.3) is 0 Å². The monoisotopic (exact) mass is 286 g/mol. The number of hydrogen-bond donors (Lipinski definition) is 1. The highest BCUT2D eigenvalue weighted by Gasteiger charge is 2.33. The van der Waals surface area contributed by atoms with Gasteiger partial charge in [0.25, 0.3) is 0 Å². The third kappa shape index (κ3) is 5.61. The number of ether oxygens (including phenoxy) is 1. The predicted molar refractivity (Wildman–Crippen MR) is 64.8 cm³/mol. The molecule has 0 radical (unpaired) electrons. The van der Waals surface area contributed by atoms with E-state index in [4.69, 9.17) is 10.00 Å². The second-order valence-corrected chi connectivity index (χ2v) is 4.09. The normalized spacial score (nSPS) is 12.3. The Morgan fingerprint density at radius 2 is 2.00 bits per heavy atom. The summed E-state index contributed by atoms with van der Waals surface area (Å²) in [5.74, 6) is -0.159. The SMILES string of the molecule is CC(=O)NC(CC(F)(F)F)c1ccc(OCC#N)cc1. The maximum absolute atomic E-state index is 12.5. The molecule has 1 aromatic carbocycles. The number of halogens is 3. The van der Waals surface area contributed by atoms with Crippen molar-refractivity contribution in [2.45, 2.75) is 25.6 Å². The fraction of sp³-hybridized carbons (Fsp3) is 0.385. The summed E-state index contributed by atoms with van der Waals surface area (Å²) in [6.07, 6.45) is -5.53. The molecule has 0 fully saturated rings. The van der Waals surface area contributed by atoms with E-state index in [2.05, 4.69) is 5.32 Å². The second kappa shape index (κ2) is 6.80. The molecule has 4 nitrogen and oxygen atoms in total. The molecule has 0 aliphatic heterocycles. The van der Waals surface area contributed by atoms with Crippen molar-refractivity contribution in [3.63, 3.8) is 0 Å². The Bertz CT molecular complexity index is 492. The molecule has 0 heterocycles. The summed E-state index contributed by atoms with van der Waals surface area (Å²) in [6.45, 7) is 1.02. The molecule has 0 saturated heterocycles. The number of alkyl halides is 3. The van der Waals surface area contributed by atoms with Crippen LogP contribution in [0.1, 0.15) is 24.9 Å². The van der Waals surface area contributed by atoms with E-state index in [-0.39, 0.29) is 6.61 Å². The molecule has 1 N–H and O–H groups in total. The number of nitrogens with one attached hydrogen (secondary N) is 1. The number of benzene rings is 1. The highest BCUT2D eigenvalue weighted by molar-refractivity contribution is 5.73. The molecule has 0 bridgehead atoms. The Morgan fingerprint density at radius 3 is 2.45 bits per heavy atom. The van der Waals surface area contributed by atoms with Crippen LogP contribution in [0, 0.1) is 11.3 Å². The minimum absolute atomic E-state index is 0.142. The van der Waals surface area contributed by atoms with E-state index in [0.29, 0.717) is 11.3 Å². The Kier molecular flexibility index (Phi) is 5.38. The molecule has 1 unspecified atom stereocenters. The van der Waals surface area contributed by atoms with Crippen LogP contribution >= 0.6 is 0 Å². The summed E-state index contributed by atoms with van der Waals surface area (Å²) >= 11 is 0. The van der Waals surface area contributed by atoms with Crippen LogP contribution in [0.15, 0.2) is 24.3 Å². The van der Waals surface area contributed by atoms with Gasteiger partial charge in [0.1, 0.15) is 11.8 Å². The zero-order chi connectivity index (χ0) is 15.2. The van der Waals surface area contributed by atoms with E-state index < -0.39 is 24.5 Å². The van der Waals surface area contributed by atoms with Gasteiger partial charge in [-0.1, -0.05) is 12.1 Å². The molecule has 0 aliphatic carbocycles. The summed E-state index contributed by atoms with van der Waals surface area (Å²) in [6, 6.07) is 6.41. The minimum Gasteiger partial charge on any atom is -0.479 e. The van der Waals surface area contributed by atoms with E-state index in [0.717, 1.165) is 6.92 Å². The molecule has 7 heteroatoms. The molecule has 0 aliphatic rings. The third-order valence-corrected chi connectivity index (χ3v) is 2.40. The van der Waals surface area contributed by atoms with Crippen molar-refractivity contribution in [1.82, 2.24) is 5.32 Å². The van der Waals surface area contributed by atoms with Crippen LogP contribution in [-0.2, 0) is 4.79 Å². The molecule has 0 saturated carbocycles. The molecular weight excluding hydrogens is 273 g/mol. The fourth-order valence-corrected chi connectivity index (χ4v) is 1.64. The summed E-state index contributed by atoms with van der Waals surface area (Å²) in [4.78, 5) is 11.0. The van der Waals surface area contributed by atoms with Gasteiger partial charge in [-0.2, -0.15) is 18.4 Å². The summed E-state index contributed by atoms with van der Waals surface area (Å²) in [5.41, 5.74) is 0.321. The number of carbonyl (C=O) groups is 1. The Labute approximate surface area is 114 Å². The maximum Gasteiger partial charge on any atom is 0.391 e. The lowest BCUT2D eigenvalue weighted by Gasteiger charge is -2.20. The Balaban J connectivity index is 2.85. The van der Waals surface area contributed by atoms with Gasteiger partial charge in [0.05, 0.1) is 12.5 Å². The van der Waals surface area contributed by atoms with Crippen molar-refractivity contribution >= 4 is 5.91 Å². The summed E-state index contributed by atoms with van der Waals surface area (Å²) < 4.78 is 42.4. The lowest BCUT2D eigenvalue weighted by atomic mass is 10.0. The number of rotatable bonds is 5. The van der Waals surface area contributed by atoms with E-state index >= 15 is 0 Å². The van der Waals surface area contributed by atoms with Crippen LogP contribution in [0.4, 0.5) is 13.2 Å². The lowest BCUT2D eigenvalue weighted by molar-refractivity contribution is -0.142. The van der Waals surface area contributed by atoms with Crippen LogP contribution in [-0.4, -0.2) is 18.7 Å². The molecule has 1 atom stereocenters. The van der Waals surface area contributed by atoms with Crippen molar-refractivity contribution in [2.75, 3.05) is 6.61 Å². The first-order valence-electron chi connectivity index (χ1n) is 5.75. The highest BCUT2D eigenvalue weighted by Crippen LogP contribution is 2.30. The number of nitriles is 1. The molecule has 20 heavy (non-hydrogen) atoms. The van der Waals surface area contributed by atoms with Crippen LogP contribution in [0.2, 0.25) is 0 Å². The average Bonchev–Trinajstić information content (AvgIpc) is 2.34. The van der Waals surface area contributed by atoms with Gasteiger partial charge < -0.3 is 10.1 Å². The van der Waals surface area contributed by atoms with Crippen molar-refractivity contribution in [3.8, 4) is 11.8 Å². The molecule has 1 amide bonds. The lowest BCUT2D eigenvalue weighted by Crippen LogP contribution is -2.30. The second-order valence-electron chi connectivity index (χ2n) is 4.09. The summed E-state index contributed by atoms with van der Waals surface area (Å²) in [5, 5.41) is 10.6. The van der Waals surface area contributed by atoms with Gasteiger partial charge in [0, 0.05) is 6.92 Å². The zero-order valence-corrected chi connectivity index (χ0v) is 10.7. The predicted octanol–water partition coefficient (Wildman–Crippen LogP) is 2.72. The van der Waals surface area contributed by atoms with E-state index in [1.165, 1.54) is 24.3 Å². The molecule has 0 aromatic heterocycles. The van der Waals surface area contributed by atoms with E-state index in [9.17, 15) is 18.0 Å². The first-order chi connectivity index (χ1) is 9.31. The van der Waals surface area contributed by atoms with Crippen LogP contribution in [0.3, 0.4) is 0 Å². The summed E-state index contributed by atoms with van der Waals surface area (Å²) in [7, 11) is 0. The molecule has 1 aromatic rings. The third-order valence-electron chi connectivity index (χ3n) is 2.40. The smallest absolute Gasteiger partial charge is 0.391 e. The van der Waals surface area contributed by atoms with Crippen LogP contribution < -0.4 is 10.1 Å². The van der Waals surface area contributed by atoms with Crippen LogP contribution in [0.5, 0.6) is 5.75 Å². The highest BCUT2D eigenvalue weighted by atomic mass is 19.4. The van der Waals surface area contributed by atoms with Crippen molar-refractivity contribution in [3.05, 3.63) is 29.8 Å². The van der Waals surface area contributed by atoms with Gasteiger partial charge in [-0.05, 0) is 17.7 Å². The largest absolute Gasteiger partial charge is 0.479 e. The first kappa shape index (κ1) is 15.8. The van der Waals surface area contributed by atoms with Gasteiger partial charge in [0.2, 0.25) is 5.91 Å². The van der Waals surface area contributed by atoms with Gasteiger partial charge in [-0.15, -0.1) is 0 Å². The molecule has 0 spiro atoms. The van der Waals surface area contributed by atoms with Crippen molar-refractivity contribution < 1.29 is 22.7 Å². The van der Waals surface area contributed by atoms with E-state index in [1.807, 2.05) is 0 Å².